The molecule has 0 heterocycles. The van der Waals surface area contributed by atoms with Crippen molar-refractivity contribution in [3.8, 4) is 0 Å². The van der Waals surface area contributed by atoms with Crippen LogP contribution in [0.3, 0.4) is 0 Å². The van der Waals surface area contributed by atoms with Gasteiger partial charge in [0.05, 0.1) is 6.04 Å². The van der Waals surface area contributed by atoms with Gasteiger partial charge in [0.1, 0.15) is 0 Å². The standard InChI is InChI=1S/C18H28N2O/c1-12(2)11-15-5-7-16(8-6-15)13(3)19-14(4)18(21)20-17-9-10-17/h5-8,12-14,17,19H,9-11H2,1-4H3,(H,20,21). The van der Waals surface area contributed by atoms with Crippen LogP contribution in [0.1, 0.15) is 57.7 Å². The van der Waals surface area contributed by atoms with Gasteiger partial charge >= 0.3 is 0 Å². The van der Waals surface area contributed by atoms with E-state index < -0.39 is 0 Å². The molecule has 1 aliphatic carbocycles. The van der Waals surface area contributed by atoms with Crippen molar-refractivity contribution in [2.24, 2.45) is 5.92 Å². The smallest absolute Gasteiger partial charge is 0.237 e. The Labute approximate surface area is 128 Å². The molecule has 2 N–H and O–H groups in total. The number of carbonyl (C=O) groups excluding carboxylic acids is 1. The Bertz CT molecular complexity index is 463. The van der Waals surface area contributed by atoms with Gasteiger partial charge < -0.3 is 5.32 Å². The highest BCUT2D eigenvalue weighted by Gasteiger charge is 2.26. The van der Waals surface area contributed by atoms with Gasteiger partial charge in [-0.2, -0.15) is 0 Å². The number of amides is 1. The van der Waals surface area contributed by atoms with Crippen LogP contribution < -0.4 is 10.6 Å². The van der Waals surface area contributed by atoms with Gasteiger partial charge in [-0.3, -0.25) is 10.1 Å². The van der Waals surface area contributed by atoms with Gasteiger partial charge in [0.15, 0.2) is 0 Å². The minimum atomic E-state index is -0.157. The summed E-state index contributed by atoms with van der Waals surface area (Å²) in [4.78, 5) is 12.0. The minimum Gasteiger partial charge on any atom is -0.352 e. The Balaban J connectivity index is 1.86. The Hall–Kier alpha value is -1.35. The van der Waals surface area contributed by atoms with Gasteiger partial charge in [0, 0.05) is 12.1 Å². The molecule has 1 fully saturated rings. The lowest BCUT2D eigenvalue weighted by Gasteiger charge is -2.20. The van der Waals surface area contributed by atoms with Crippen LogP contribution in [0.4, 0.5) is 0 Å². The van der Waals surface area contributed by atoms with E-state index >= 15 is 0 Å². The highest BCUT2D eigenvalue weighted by Crippen LogP contribution is 2.19. The molecule has 2 rings (SSSR count). The van der Waals surface area contributed by atoms with Crippen molar-refractivity contribution in [1.29, 1.82) is 0 Å². The predicted molar refractivity (Wildman–Crippen MR) is 87.2 cm³/mol. The Kier molecular flexibility index (Phi) is 5.40. The van der Waals surface area contributed by atoms with Crippen molar-refractivity contribution in [3.05, 3.63) is 35.4 Å². The summed E-state index contributed by atoms with van der Waals surface area (Å²) in [6.07, 6.45) is 3.37. The summed E-state index contributed by atoms with van der Waals surface area (Å²) in [6.45, 7) is 8.51. The van der Waals surface area contributed by atoms with E-state index in [1.54, 1.807) is 0 Å². The number of rotatable bonds is 7. The molecule has 1 aliphatic rings. The molecule has 116 valence electrons. The van der Waals surface area contributed by atoms with Gasteiger partial charge in [-0.25, -0.2) is 0 Å². The van der Waals surface area contributed by atoms with E-state index in [2.05, 4.69) is 55.7 Å². The molecule has 0 aromatic heterocycles. The molecule has 0 spiro atoms. The Morgan fingerprint density at radius 3 is 2.29 bits per heavy atom. The molecule has 0 radical (unpaired) electrons. The molecule has 1 aromatic carbocycles. The quantitative estimate of drug-likeness (QED) is 0.809. The lowest BCUT2D eigenvalue weighted by Crippen LogP contribution is -2.43. The zero-order valence-corrected chi connectivity index (χ0v) is 13.6. The van der Waals surface area contributed by atoms with E-state index in [1.807, 2.05) is 6.92 Å². The molecular weight excluding hydrogens is 260 g/mol. The lowest BCUT2D eigenvalue weighted by atomic mass is 9.99. The van der Waals surface area contributed by atoms with E-state index in [9.17, 15) is 4.79 Å². The molecule has 2 unspecified atom stereocenters. The molecule has 21 heavy (non-hydrogen) atoms. The first-order chi connectivity index (χ1) is 9.95. The second kappa shape index (κ2) is 7.08. The van der Waals surface area contributed by atoms with Crippen molar-refractivity contribution in [3.63, 3.8) is 0 Å². The third kappa shape index (κ3) is 5.16. The summed E-state index contributed by atoms with van der Waals surface area (Å²) in [6, 6.07) is 9.17. The SMILES string of the molecule is CC(C)Cc1ccc(C(C)NC(C)C(=O)NC2CC2)cc1. The van der Waals surface area contributed by atoms with Gasteiger partial charge in [-0.15, -0.1) is 0 Å². The van der Waals surface area contributed by atoms with Crippen LogP contribution in [0.15, 0.2) is 24.3 Å². The topological polar surface area (TPSA) is 41.1 Å². The molecule has 1 amide bonds. The van der Waals surface area contributed by atoms with Gasteiger partial charge in [-0.1, -0.05) is 38.1 Å². The number of nitrogens with one attached hydrogen (secondary N) is 2. The first-order valence-electron chi connectivity index (χ1n) is 8.11. The molecule has 2 atom stereocenters. The second-order valence-electron chi connectivity index (χ2n) is 6.73. The fraction of sp³-hybridized carbons (Fsp3) is 0.611. The zero-order chi connectivity index (χ0) is 15.4. The van der Waals surface area contributed by atoms with E-state index in [1.165, 1.54) is 11.1 Å². The minimum absolute atomic E-state index is 0.112. The van der Waals surface area contributed by atoms with Crippen LogP contribution in [-0.2, 0) is 11.2 Å². The Morgan fingerprint density at radius 2 is 1.76 bits per heavy atom. The zero-order valence-electron chi connectivity index (χ0n) is 13.6. The van der Waals surface area contributed by atoms with Crippen molar-refractivity contribution in [2.45, 2.75) is 65.1 Å². The molecule has 1 saturated carbocycles. The fourth-order valence-electron chi connectivity index (χ4n) is 2.51. The van der Waals surface area contributed by atoms with Crippen LogP contribution in [0.2, 0.25) is 0 Å². The van der Waals surface area contributed by atoms with Crippen molar-refractivity contribution >= 4 is 5.91 Å². The third-order valence-electron chi connectivity index (χ3n) is 3.94. The number of carbonyl (C=O) groups is 1. The van der Waals surface area contributed by atoms with E-state index in [0.29, 0.717) is 12.0 Å². The van der Waals surface area contributed by atoms with Gasteiger partial charge in [0.2, 0.25) is 5.91 Å². The molecule has 0 saturated heterocycles. The number of hydrogen-bond acceptors (Lipinski definition) is 2. The van der Waals surface area contributed by atoms with Crippen molar-refractivity contribution < 1.29 is 4.79 Å². The maximum atomic E-state index is 12.0. The van der Waals surface area contributed by atoms with Crippen molar-refractivity contribution in [1.82, 2.24) is 10.6 Å². The summed E-state index contributed by atoms with van der Waals surface area (Å²) >= 11 is 0. The van der Waals surface area contributed by atoms with Gasteiger partial charge in [0.25, 0.3) is 0 Å². The molecular formula is C18H28N2O. The maximum absolute atomic E-state index is 12.0. The highest BCUT2D eigenvalue weighted by molar-refractivity contribution is 5.81. The first kappa shape index (κ1) is 16.0. The van der Waals surface area contributed by atoms with Crippen LogP contribution >= 0.6 is 0 Å². The Morgan fingerprint density at radius 1 is 1.14 bits per heavy atom. The first-order valence-corrected chi connectivity index (χ1v) is 8.11. The number of benzene rings is 1. The molecule has 0 aliphatic heterocycles. The molecule has 1 aromatic rings. The summed E-state index contributed by atoms with van der Waals surface area (Å²) < 4.78 is 0. The van der Waals surface area contributed by atoms with Crippen LogP contribution in [0, 0.1) is 5.92 Å². The normalized spacial score (nSPS) is 17.6. The second-order valence-corrected chi connectivity index (χ2v) is 6.73. The van der Waals surface area contributed by atoms with Crippen LogP contribution in [0.25, 0.3) is 0 Å². The van der Waals surface area contributed by atoms with E-state index in [-0.39, 0.29) is 18.0 Å². The lowest BCUT2D eigenvalue weighted by molar-refractivity contribution is -0.123. The summed E-state index contributed by atoms with van der Waals surface area (Å²) in [5.74, 6) is 0.790. The highest BCUT2D eigenvalue weighted by atomic mass is 16.2. The summed E-state index contributed by atoms with van der Waals surface area (Å²) in [7, 11) is 0. The molecule has 0 bridgehead atoms. The van der Waals surface area contributed by atoms with Crippen LogP contribution in [-0.4, -0.2) is 18.0 Å². The van der Waals surface area contributed by atoms with E-state index in [4.69, 9.17) is 0 Å². The monoisotopic (exact) mass is 288 g/mol. The maximum Gasteiger partial charge on any atom is 0.237 e. The van der Waals surface area contributed by atoms with Crippen LogP contribution in [0.5, 0.6) is 0 Å². The summed E-state index contributed by atoms with van der Waals surface area (Å²) in [5, 5.41) is 6.42. The fourth-order valence-corrected chi connectivity index (χ4v) is 2.51. The van der Waals surface area contributed by atoms with Crippen molar-refractivity contribution in [2.75, 3.05) is 0 Å². The third-order valence-corrected chi connectivity index (χ3v) is 3.94. The largest absolute Gasteiger partial charge is 0.352 e. The summed E-state index contributed by atoms with van der Waals surface area (Å²) in [5.41, 5.74) is 2.61. The van der Waals surface area contributed by atoms with Gasteiger partial charge in [-0.05, 0) is 50.2 Å². The average molecular weight is 288 g/mol. The predicted octanol–water partition coefficient (Wildman–Crippen LogP) is 3.20. The van der Waals surface area contributed by atoms with E-state index in [0.717, 1.165) is 19.3 Å². The molecule has 3 nitrogen and oxygen atoms in total. The molecule has 3 heteroatoms. The number of hydrogen-bond donors (Lipinski definition) is 2. The average Bonchev–Trinajstić information content (AvgIpc) is 3.22.